The summed E-state index contributed by atoms with van der Waals surface area (Å²) in [6, 6.07) is 10.4. The van der Waals surface area contributed by atoms with Gasteiger partial charge in [0.2, 0.25) is 0 Å². The number of amides is 1. The third kappa shape index (κ3) is 3.65. The summed E-state index contributed by atoms with van der Waals surface area (Å²) >= 11 is 0. The van der Waals surface area contributed by atoms with Crippen molar-refractivity contribution in [1.29, 1.82) is 0 Å². The minimum Gasteiger partial charge on any atom is -0.422 e. The standard InChI is InChI=1S/C18H18N4O3/c1-11-8-16(22(2)3)21-15(20-11)10-19-17(23)13-9-12-6-4-5-7-14(12)25-18(13)24/h4-9H,10H2,1-3H3,(H,19,23). The van der Waals surface area contributed by atoms with E-state index >= 15 is 0 Å². The largest absolute Gasteiger partial charge is 0.422 e. The van der Waals surface area contributed by atoms with Crippen molar-refractivity contribution in [3.63, 3.8) is 0 Å². The Morgan fingerprint density at radius 1 is 1.20 bits per heavy atom. The van der Waals surface area contributed by atoms with Crippen LogP contribution in [0.15, 0.2) is 45.6 Å². The summed E-state index contributed by atoms with van der Waals surface area (Å²) in [6.07, 6.45) is 0. The molecule has 0 aliphatic carbocycles. The Morgan fingerprint density at radius 2 is 1.96 bits per heavy atom. The summed E-state index contributed by atoms with van der Waals surface area (Å²) in [5.74, 6) is 0.709. The van der Waals surface area contributed by atoms with Gasteiger partial charge in [0, 0.05) is 31.2 Å². The number of anilines is 1. The quantitative estimate of drug-likeness (QED) is 0.731. The number of fused-ring (bicyclic) bond motifs is 1. The van der Waals surface area contributed by atoms with Crippen molar-refractivity contribution in [2.45, 2.75) is 13.5 Å². The first-order valence-corrected chi connectivity index (χ1v) is 7.77. The number of hydrogen-bond acceptors (Lipinski definition) is 6. The van der Waals surface area contributed by atoms with E-state index in [1.807, 2.05) is 38.1 Å². The monoisotopic (exact) mass is 338 g/mol. The second kappa shape index (κ2) is 6.72. The predicted octanol–water partition coefficient (Wildman–Crippen LogP) is 1.89. The highest BCUT2D eigenvalue weighted by molar-refractivity contribution is 5.96. The maximum Gasteiger partial charge on any atom is 0.349 e. The normalized spacial score (nSPS) is 10.7. The van der Waals surface area contributed by atoms with Gasteiger partial charge in [-0.2, -0.15) is 0 Å². The predicted molar refractivity (Wildman–Crippen MR) is 94.8 cm³/mol. The molecule has 0 aliphatic rings. The molecule has 7 heteroatoms. The zero-order chi connectivity index (χ0) is 18.0. The minimum absolute atomic E-state index is 0.0424. The molecule has 0 spiro atoms. The van der Waals surface area contributed by atoms with Crippen LogP contribution in [0.25, 0.3) is 11.0 Å². The number of aromatic nitrogens is 2. The van der Waals surface area contributed by atoms with Crippen LogP contribution in [0, 0.1) is 6.92 Å². The van der Waals surface area contributed by atoms with E-state index < -0.39 is 11.5 Å². The van der Waals surface area contributed by atoms with Crippen molar-refractivity contribution in [3.05, 3.63) is 63.9 Å². The zero-order valence-electron chi connectivity index (χ0n) is 14.2. The van der Waals surface area contributed by atoms with Crippen LogP contribution in [0.1, 0.15) is 21.9 Å². The van der Waals surface area contributed by atoms with Gasteiger partial charge in [0.15, 0.2) is 0 Å². The molecule has 25 heavy (non-hydrogen) atoms. The van der Waals surface area contributed by atoms with Crippen molar-refractivity contribution in [2.24, 2.45) is 0 Å². The third-order valence-corrected chi connectivity index (χ3v) is 3.64. The fourth-order valence-corrected chi connectivity index (χ4v) is 2.40. The number of nitrogens with zero attached hydrogens (tertiary/aromatic N) is 3. The van der Waals surface area contributed by atoms with E-state index in [-0.39, 0.29) is 12.1 Å². The number of rotatable bonds is 4. The molecule has 128 valence electrons. The molecule has 2 heterocycles. The number of para-hydroxylation sites is 1. The molecule has 0 atom stereocenters. The molecule has 1 amide bonds. The van der Waals surface area contributed by atoms with Gasteiger partial charge in [-0.05, 0) is 19.1 Å². The Hall–Kier alpha value is -3.22. The zero-order valence-corrected chi connectivity index (χ0v) is 14.2. The van der Waals surface area contributed by atoms with Gasteiger partial charge in [-0.25, -0.2) is 14.8 Å². The first-order valence-electron chi connectivity index (χ1n) is 7.77. The van der Waals surface area contributed by atoms with E-state index in [0.717, 1.165) is 11.5 Å². The molecular formula is C18H18N4O3. The van der Waals surface area contributed by atoms with E-state index in [1.54, 1.807) is 18.2 Å². The molecule has 0 fully saturated rings. The fourth-order valence-electron chi connectivity index (χ4n) is 2.40. The van der Waals surface area contributed by atoms with Gasteiger partial charge in [0.05, 0.1) is 6.54 Å². The lowest BCUT2D eigenvalue weighted by Crippen LogP contribution is -2.29. The summed E-state index contributed by atoms with van der Waals surface area (Å²) in [5, 5.41) is 3.36. The van der Waals surface area contributed by atoms with Crippen LogP contribution in [0.5, 0.6) is 0 Å². The summed E-state index contributed by atoms with van der Waals surface area (Å²) in [4.78, 5) is 34.9. The average Bonchev–Trinajstić information content (AvgIpc) is 2.58. The fraction of sp³-hybridized carbons (Fsp3) is 0.222. The molecule has 0 saturated carbocycles. The summed E-state index contributed by atoms with van der Waals surface area (Å²) in [7, 11) is 3.76. The van der Waals surface area contributed by atoms with Crippen molar-refractivity contribution in [3.8, 4) is 0 Å². The highest BCUT2D eigenvalue weighted by Gasteiger charge is 2.14. The van der Waals surface area contributed by atoms with E-state index in [2.05, 4.69) is 15.3 Å². The van der Waals surface area contributed by atoms with Crippen molar-refractivity contribution < 1.29 is 9.21 Å². The van der Waals surface area contributed by atoms with Crippen LogP contribution >= 0.6 is 0 Å². The molecule has 0 aliphatic heterocycles. The van der Waals surface area contributed by atoms with Gasteiger partial charge in [-0.1, -0.05) is 18.2 Å². The maximum atomic E-state index is 12.3. The lowest BCUT2D eigenvalue weighted by atomic mass is 10.2. The van der Waals surface area contributed by atoms with Crippen molar-refractivity contribution >= 4 is 22.7 Å². The Bertz CT molecular complexity index is 995. The van der Waals surface area contributed by atoms with Crippen LogP contribution in [-0.4, -0.2) is 30.0 Å². The number of carbonyl (C=O) groups excluding carboxylic acids is 1. The molecule has 0 radical (unpaired) electrons. The van der Waals surface area contributed by atoms with Crippen LogP contribution in [-0.2, 0) is 6.54 Å². The molecular weight excluding hydrogens is 320 g/mol. The Kier molecular flexibility index (Phi) is 4.47. The van der Waals surface area contributed by atoms with E-state index in [0.29, 0.717) is 16.8 Å². The molecule has 1 N–H and O–H groups in total. The summed E-state index contributed by atoms with van der Waals surface area (Å²) in [5.41, 5.74) is 0.532. The smallest absolute Gasteiger partial charge is 0.349 e. The molecule has 1 aromatic carbocycles. The number of hydrogen-bond donors (Lipinski definition) is 1. The van der Waals surface area contributed by atoms with Gasteiger partial charge in [0.1, 0.15) is 22.8 Å². The first kappa shape index (κ1) is 16.6. The summed E-state index contributed by atoms with van der Waals surface area (Å²) < 4.78 is 5.18. The number of benzene rings is 1. The number of nitrogens with one attached hydrogen (secondary N) is 1. The van der Waals surface area contributed by atoms with Gasteiger partial charge in [-0.3, -0.25) is 4.79 Å². The molecule has 0 saturated heterocycles. The minimum atomic E-state index is -0.671. The molecule has 7 nitrogen and oxygen atoms in total. The Morgan fingerprint density at radius 3 is 2.72 bits per heavy atom. The third-order valence-electron chi connectivity index (χ3n) is 3.64. The Labute approximate surface area is 144 Å². The first-order chi connectivity index (χ1) is 11.9. The lowest BCUT2D eigenvalue weighted by molar-refractivity contribution is 0.0946. The highest BCUT2D eigenvalue weighted by atomic mass is 16.4. The molecule has 3 rings (SSSR count). The van der Waals surface area contributed by atoms with Crippen LogP contribution in [0.2, 0.25) is 0 Å². The van der Waals surface area contributed by atoms with Gasteiger partial charge in [0.25, 0.3) is 5.91 Å². The Balaban J connectivity index is 1.81. The summed E-state index contributed by atoms with van der Waals surface area (Å²) in [6.45, 7) is 1.98. The van der Waals surface area contributed by atoms with Gasteiger partial charge in [-0.15, -0.1) is 0 Å². The second-order valence-electron chi connectivity index (χ2n) is 5.85. The van der Waals surface area contributed by atoms with Gasteiger partial charge >= 0.3 is 5.63 Å². The van der Waals surface area contributed by atoms with Gasteiger partial charge < -0.3 is 14.6 Å². The molecule has 3 aromatic rings. The highest BCUT2D eigenvalue weighted by Crippen LogP contribution is 2.13. The lowest BCUT2D eigenvalue weighted by Gasteiger charge is -2.13. The van der Waals surface area contributed by atoms with E-state index in [9.17, 15) is 9.59 Å². The van der Waals surface area contributed by atoms with Crippen molar-refractivity contribution in [2.75, 3.05) is 19.0 Å². The SMILES string of the molecule is Cc1cc(N(C)C)nc(CNC(=O)c2cc3ccccc3oc2=O)n1. The van der Waals surface area contributed by atoms with Crippen LogP contribution in [0.4, 0.5) is 5.82 Å². The number of aryl methyl sites for hydroxylation is 1. The molecule has 0 bridgehead atoms. The molecule has 2 aromatic heterocycles. The second-order valence-corrected chi connectivity index (χ2v) is 5.85. The van der Waals surface area contributed by atoms with Crippen LogP contribution < -0.4 is 15.8 Å². The molecule has 0 unspecified atom stereocenters. The van der Waals surface area contributed by atoms with E-state index in [4.69, 9.17) is 4.42 Å². The topological polar surface area (TPSA) is 88.3 Å². The average molecular weight is 338 g/mol. The van der Waals surface area contributed by atoms with Crippen molar-refractivity contribution in [1.82, 2.24) is 15.3 Å². The number of carbonyl (C=O) groups is 1. The maximum absolute atomic E-state index is 12.3. The van der Waals surface area contributed by atoms with Crippen LogP contribution in [0.3, 0.4) is 0 Å². The van der Waals surface area contributed by atoms with E-state index in [1.165, 1.54) is 6.07 Å².